The molecule has 0 amide bonds. The summed E-state index contributed by atoms with van der Waals surface area (Å²) in [5.41, 5.74) is 0.584. The van der Waals surface area contributed by atoms with Crippen LogP contribution in [0.4, 0.5) is 0 Å². The van der Waals surface area contributed by atoms with E-state index in [0.717, 1.165) is 19.1 Å². The quantitative estimate of drug-likeness (QED) is 0.668. The minimum atomic E-state index is 0.225. The first kappa shape index (κ1) is 10.5. The number of carbonyl (C=O) groups excluding carboxylic acids is 1. The molecule has 0 aliphatic carbocycles. The molecule has 1 heterocycles. The normalized spacial score (nSPS) is 12.0. The van der Waals surface area contributed by atoms with Crippen molar-refractivity contribution in [2.24, 2.45) is 0 Å². The highest BCUT2D eigenvalue weighted by Gasteiger charge is 2.09. The fourth-order valence-electron chi connectivity index (χ4n) is 1.37. The van der Waals surface area contributed by atoms with Crippen LogP contribution in [0.15, 0.2) is 12.4 Å². The maximum absolute atomic E-state index is 10.4. The molecule has 1 unspecified atom stereocenters. The highest BCUT2D eigenvalue weighted by Crippen LogP contribution is 2.16. The molecule has 1 aromatic rings. The lowest BCUT2D eigenvalue weighted by Crippen LogP contribution is -2.08. The summed E-state index contributed by atoms with van der Waals surface area (Å²) in [6.45, 7) is 2.05. The van der Waals surface area contributed by atoms with Crippen LogP contribution < -0.4 is 0 Å². The lowest BCUT2D eigenvalue weighted by molar-refractivity contribution is 0.112. The number of rotatable bonds is 5. The van der Waals surface area contributed by atoms with Gasteiger partial charge in [0.15, 0.2) is 6.29 Å². The molecule has 4 nitrogen and oxygen atoms in total. The van der Waals surface area contributed by atoms with Gasteiger partial charge >= 0.3 is 0 Å². The monoisotopic (exact) mass is 191 g/mol. The Morgan fingerprint density at radius 2 is 2.57 bits per heavy atom. The predicted octanol–water partition coefficient (Wildman–Crippen LogP) is 1.95. The van der Waals surface area contributed by atoms with Crippen LogP contribution in [0.1, 0.15) is 42.6 Å². The van der Waals surface area contributed by atoms with Gasteiger partial charge in [-0.3, -0.25) is 9.48 Å². The predicted molar refractivity (Wildman–Crippen MR) is 51.8 cm³/mol. The molecule has 14 heavy (non-hydrogen) atoms. The molecular weight excluding hydrogens is 178 g/mol. The highest BCUT2D eigenvalue weighted by atomic mass is 16.1. The molecule has 1 atom stereocenters. The Kier molecular flexibility index (Phi) is 3.86. The van der Waals surface area contributed by atoms with Crippen LogP contribution in [0.2, 0.25) is 0 Å². The van der Waals surface area contributed by atoms with E-state index in [4.69, 9.17) is 5.26 Å². The van der Waals surface area contributed by atoms with Crippen molar-refractivity contribution in [1.29, 1.82) is 5.26 Å². The van der Waals surface area contributed by atoms with Crippen molar-refractivity contribution in [3.63, 3.8) is 0 Å². The van der Waals surface area contributed by atoms with Crippen molar-refractivity contribution < 1.29 is 4.79 Å². The van der Waals surface area contributed by atoms with E-state index in [0.29, 0.717) is 12.0 Å². The highest BCUT2D eigenvalue weighted by molar-refractivity contribution is 5.73. The SMILES string of the molecule is CCC(CCC#N)n1cc(C=O)cn1. The number of nitrogens with zero attached hydrogens (tertiary/aromatic N) is 3. The average molecular weight is 191 g/mol. The van der Waals surface area contributed by atoms with E-state index >= 15 is 0 Å². The molecule has 1 aromatic heterocycles. The van der Waals surface area contributed by atoms with Gasteiger partial charge < -0.3 is 0 Å². The van der Waals surface area contributed by atoms with E-state index in [1.165, 1.54) is 0 Å². The minimum absolute atomic E-state index is 0.225. The van der Waals surface area contributed by atoms with Crippen LogP contribution >= 0.6 is 0 Å². The molecule has 0 fully saturated rings. The lowest BCUT2D eigenvalue weighted by atomic mass is 10.1. The Morgan fingerprint density at radius 3 is 3.07 bits per heavy atom. The van der Waals surface area contributed by atoms with Gasteiger partial charge in [0, 0.05) is 12.6 Å². The third-order valence-corrected chi connectivity index (χ3v) is 2.19. The minimum Gasteiger partial charge on any atom is -0.298 e. The van der Waals surface area contributed by atoms with Crippen LogP contribution in [-0.4, -0.2) is 16.1 Å². The van der Waals surface area contributed by atoms with Gasteiger partial charge in [0.05, 0.1) is 23.9 Å². The van der Waals surface area contributed by atoms with Gasteiger partial charge in [-0.1, -0.05) is 6.92 Å². The topological polar surface area (TPSA) is 58.7 Å². The number of nitriles is 1. The fraction of sp³-hybridized carbons (Fsp3) is 0.500. The van der Waals surface area contributed by atoms with Crippen molar-refractivity contribution in [1.82, 2.24) is 9.78 Å². The average Bonchev–Trinajstić information content (AvgIpc) is 2.68. The first-order valence-corrected chi connectivity index (χ1v) is 4.68. The van der Waals surface area contributed by atoms with E-state index in [1.54, 1.807) is 17.1 Å². The van der Waals surface area contributed by atoms with E-state index in [1.807, 2.05) is 6.92 Å². The molecule has 0 saturated carbocycles. The van der Waals surface area contributed by atoms with Gasteiger partial charge in [0.1, 0.15) is 0 Å². The zero-order valence-electron chi connectivity index (χ0n) is 8.18. The Labute approximate surface area is 83.1 Å². The first-order chi connectivity index (χ1) is 6.81. The van der Waals surface area contributed by atoms with E-state index in [-0.39, 0.29) is 6.04 Å². The van der Waals surface area contributed by atoms with Crippen LogP contribution in [0.3, 0.4) is 0 Å². The molecule has 0 aliphatic heterocycles. The molecule has 4 heteroatoms. The molecule has 0 aromatic carbocycles. The van der Waals surface area contributed by atoms with Gasteiger partial charge in [0.25, 0.3) is 0 Å². The first-order valence-electron chi connectivity index (χ1n) is 4.68. The molecular formula is C10H13N3O. The molecule has 0 bridgehead atoms. The van der Waals surface area contributed by atoms with Crippen LogP contribution in [-0.2, 0) is 0 Å². The summed E-state index contributed by atoms with van der Waals surface area (Å²) in [5.74, 6) is 0. The van der Waals surface area contributed by atoms with Crippen molar-refractivity contribution in [2.45, 2.75) is 32.2 Å². The molecule has 0 N–H and O–H groups in total. The largest absolute Gasteiger partial charge is 0.298 e. The Morgan fingerprint density at radius 1 is 1.79 bits per heavy atom. The second-order valence-electron chi connectivity index (χ2n) is 3.13. The van der Waals surface area contributed by atoms with Gasteiger partial charge in [-0.2, -0.15) is 10.4 Å². The Balaban J connectivity index is 2.69. The third kappa shape index (κ3) is 2.43. The van der Waals surface area contributed by atoms with Crippen molar-refractivity contribution in [3.8, 4) is 6.07 Å². The molecule has 0 saturated heterocycles. The summed E-state index contributed by atoms with van der Waals surface area (Å²) in [6.07, 6.45) is 6.27. The van der Waals surface area contributed by atoms with E-state index in [9.17, 15) is 4.79 Å². The third-order valence-electron chi connectivity index (χ3n) is 2.19. The number of aldehydes is 1. The summed E-state index contributed by atoms with van der Waals surface area (Å²) in [6, 6.07) is 2.34. The van der Waals surface area contributed by atoms with Gasteiger partial charge in [-0.15, -0.1) is 0 Å². The number of hydrogen-bond acceptors (Lipinski definition) is 3. The lowest BCUT2D eigenvalue weighted by Gasteiger charge is -2.13. The number of aromatic nitrogens is 2. The molecule has 74 valence electrons. The molecule has 0 spiro atoms. The Hall–Kier alpha value is -1.63. The smallest absolute Gasteiger partial charge is 0.153 e. The summed E-state index contributed by atoms with van der Waals surface area (Å²) in [5, 5.41) is 12.6. The maximum Gasteiger partial charge on any atom is 0.153 e. The van der Waals surface area contributed by atoms with Gasteiger partial charge in [0.2, 0.25) is 0 Å². The van der Waals surface area contributed by atoms with Crippen molar-refractivity contribution in [2.75, 3.05) is 0 Å². The van der Waals surface area contributed by atoms with Crippen LogP contribution in [0.5, 0.6) is 0 Å². The van der Waals surface area contributed by atoms with E-state index < -0.39 is 0 Å². The zero-order chi connectivity index (χ0) is 10.4. The van der Waals surface area contributed by atoms with E-state index in [2.05, 4.69) is 11.2 Å². The summed E-state index contributed by atoms with van der Waals surface area (Å²) in [7, 11) is 0. The number of carbonyl (C=O) groups is 1. The van der Waals surface area contributed by atoms with Gasteiger partial charge in [-0.25, -0.2) is 0 Å². The zero-order valence-corrected chi connectivity index (χ0v) is 8.18. The Bertz CT molecular complexity index is 337. The molecule has 1 rings (SSSR count). The second kappa shape index (κ2) is 5.18. The van der Waals surface area contributed by atoms with Crippen molar-refractivity contribution in [3.05, 3.63) is 18.0 Å². The molecule has 0 radical (unpaired) electrons. The van der Waals surface area contributed by atoms with Crippen LogP contribution in [0.25, 0.3) is 0 Å². The summed E-state index contributed by atoms with van der Waals surface area (Å²) >= 11 is 0. The number of hydrogen-bond donors (Lipinski definition) is 0. The summed E-state index contributed by atoms with van der Waals surface area (Å²) < 4.78 is 1.76. The van der Waals surface area contributed by atoms with Crippen LogP contribution in [0, 0.1) is 11.3 Å². The van der Waals surface area contributed by atoms with Crippen molar-refractivity contribution >= 4 is 6.29 Å². The maximum atomic E-state index is 10.4. The molecule has 0 aliphatic rings. The van der Waals surface area contributed by atoms with Gasteiger partial charge in [-0.05, 0) is 12.8 Å². The summed E-state index contributed by atoms with van der Waals surface area (Å²) in [4.78, 5) is 10.4. The standard InChI is InChI=1S/C10H13N3O/c1-2-10(4-3-5-11)13-7-9(8-14)6-12-13/h6-8,10H,2-4H2,1H3. The fourth-order valence-corrected chi connectivity index (χ4v) is 1.37. The second-order valence-corrected chi connectivity index (χ2v) is 3.13.